The second-order valence-corrected chi connectivity index (χ2v) is 4.37. The Labute approximate surface area is 112 Å². The second kappa shape index (κ2) is 6.09. The van der Waals surface area contributed by atoms with Gasteiger partial charge in [0.05, 0.1) is 12.8 Å². The number of amides is 1. The number of hydrogen-bond acceptors (Lipinski definition) is 3. The number of hydrogen-bond donors (Lipinski definition) is 1. The molecule has 1 N–H and O–H groups in total. The first kappa shape index (κ1) is 13.2. The number of nitrogens with one attached hydrogen (secondary N) is 1. The summed E-state index contributed by atoms with van der Waals surface area (Å²) >= 11 is 0. The highest BCUT2D eigenvalue weighted by atomic mass is 16.5. The van der Waals surface area contributed by atoms with Crippen molar-refractivity contribution in [3.63, 3.8) is 0 Å². The van der Waals surface area contributed by atoms with Gasteiger partial charge >= 0.3 is 0 Å². The van der Waals surface area contributed by atoms with Crippen molar-refractivity contribution in [2.75, 3.05) is 0 Å². The molecule has 0 saturated carbocycles. The zero-order valence-corrected chi connectivity index (χ0v) is 11.1. The molecule has 2 rings (SSSR count). The van der Waals surface area contributed by atoms with Crippen LogP contribution in [0.1, 0.15) is 18.2 Å². The molecule has 1 amide bonds. The van der Waals surface area contributed by atoms with E-state index >= 15 is 0 Å². The number of carbonyl (C=O) groups excluding carboxylic acids is 1. The van der Waals surface area contributed by atoms with Crippen LogP contribution in [0, 0.1) is 6.92 Å². The highest BCUT2D eigenvalue weighted by Gasteiger charge is 2.14. The SMILES string of the molecule is Cc1cccc(OC(C)C(=O)NCc2ccco2)c1. The molecule has 0 saturated heterocycles. The van der Waals surface area contributed by atoms with E-state index < -0.39 is 6.10 Å². The van der Waals surface area contributed by atoms with Gasteiger partial charge in [-0.25, -0.2) is 0 Å². The molecule has 4 nitrogen and oxygen atoms in total. The molecule has 0 bridgehead atoms. The first-order chi connectivity index (χ1) is 9.15. The van der Waals surface area contributed by atoms with Gasteiger partial charge < -0.3 is 14.5 Å². The van der Waals surface area contributed by atoms with Crippen LogP contribution in [0.5, 0.6) is 5.75 Å². The summed E-state index contributed by atoms with van der Waals surface area (Å²) in [6.07, 6.45) is 1.03. The van der Waals surface area contributed by atoms with Crippen molar-refractivity contribution >= 4 is 5.91 Å². The number of aryl methyl sites for hydroxylation is 1. The van der Waals surface area contributed by atoms with Crippen molar-refractivity contribution in [3.05, 3.63) is 54.0 Å². The van der Waals surface area contributed by atoms with Gasteiger partial charge in [0.25, 0.3) is 5.91 Å². The standard InChI is InChI=1S/C15H17NO3/c1-11-5-3-6-13(9-11)19-12(2)15(17)16-10-14-7-4-8-18-14/h3-9,12H,10H2,1-2H3,(H,16,17). The molecule has 0 radical (unpaired) electrons. The molecular weight excluding hydrogens is 242 g/mol. The molecule has 0 spiro atoms. The van der Waals surface area contributed by atoms with Gasteiger partial charge in [-0.3, -0.25) is 4.79 Å². The molecule has 0 aliphatic heterocycles. The number of furan rings is 1. The first-order valence-electron chi connectivity index (χ1n) is 6.18. The number of carbonyl (C=O) groups is 1. The van der Waals surface area contributed by atoms with Crippen molar-refractivity contribution in [2.45, 2.75) is 26.5 Å². The van der Waals surface area contributed by atoms with E-state index in [4.69, 9.17) is 9.15 Å². The van der Waals surface area contributed by atoms with E-state index in [0.29, 0.717) is 12.3 Å². The van der Waals surface area contributed by atoms with Gasteiger partial charge in [0.1, 0.15) is 11.5 Å². The fourth-order valence-corrected chi connectivity index (χ4v) is 1.68. The molecule has 100 valence electrons. The van der Waals surface area contributed by atoms with Crippen LogP contribution < -0.4 is 10.1 Å². The smallest absolute Gasteiger partial charge is 0.261 e. The van der Waals surface area contributed by atoms with E-state index in [1.165, 1.54) is 0 Å². The van der Waals surface area contributed by atoms with E-state index in [2.05, 4.69) is 5.32 Å². The lowest BCUT2D eigenvalue weighted by atomic mass is 10.2. The van der Waals surface area contributed by atoms with Gasteiger partial charge in [0.15, 0.2) is 6.10 Å². The molecular formula is C15H17NO3. The Morgan fingerprint density at radius 2 is 2.21 bits per heavy atom. The van der Waals surface area contributed by atoms with Crippen LogP contribution in [0.25, 0.3) is 0 Å². The van der Waals surface area contributed by atoms with Gasteiger partial charge in [0, 0.05) is 0 Å². The molecule has 1 heterocycles. The molecule has 1 atom stereocenters. The summed E-state index contributed by atoms with van der Waals surface area (Å²) in [5.41, 5.74) is 1.10. The van der Waals surface area contributed by atoms with Crippen LogP contribution in [-0.4, -0.2) is 12.0 Å². The zero-order valence-electron chi connectivity index (χ0n) is 11.1. The molecule has 0 aliphatic carbocycles. The Kier molecular flexibility index (Phi) is 4.23. The van der Waals surface area contributed by atoms with Gasteiger partial charge in [-0.1, -0.05) is 12.1 Å². The molecule has 0 fully saturated rings. The van der Waals surface area contributed by atoms with Gasteiger partial charge in [-0.05, 0) is 43.7 Å². The molecule has 1 aromatic heterocycles. The lowest BCUT2D eigenvalue weighted by molar-refractivity contribution is -0.127. The van der Waals surface area contributed by atoms with Crippen molar-refractivity contribution in [2.24, 2.45) is 0 Å². The maximum Gasteiger partial charge on any atom is 0.261 e. The fourth-order valence-electron chi connectivity index (χ4n) is 1.68. The highest BCUT2D eigenvalue weighted by Crippen LogP contribution is 2.14. The van der Waals surface area contributed by atoms with Gasteiger partial charge in [-0.2, -0.15) is 0 Å². The van der Waals surface area contributed by atoms with E-state index in [0.717, 1.165) is 11.3 Å². The maximum atomic E-state index is 11.8. The fraction of sp³-hybridized carbons (Fsp3) is 0.267. The summed E-state index contributed by atoms with van der Waals surface area (Å²) in [7, 11) is 0. The number of rotatable bonds is 5. The molecule has 0 aliphatic rings. The predicted molar refractivity (Wildman–Crippen MR) is 71.8 cm³/mol. The lowest BCUT2D eigenvalue weighted by Gasteiger charge is -2.14. The Balaban J connectivity index is 1.85. The Morgan fingerprint density at radius 1 is 1.37 bits per heavy atom. The summed E-state index contributed by atoms with van der Waals surface area (Å²) in [6.45, 7) is 4.07. The van der Waals surface area contributed by atoms with Crippen molar-refractivity contribution in [1.82, 2.24) is 5.32 Å². The van der Waals surface area contributed by atoms with Crippen LogP contribution in [-0.2, 0) is 11.3 Å². The summed E-state index contributed by atoms with van der Waals surface area (Å²) in [4.78, 5) is 11.8. The van der Waals surface area contributed by atoms with Gasteiger partial charge in [-0.15, -0.1) is 0 Å². The van der Waals surface area contributed by atoms with E-state index in [9.17, 15) is 4.79 Å². The summed E-state index contributed by atoms with van der Waals surface area (Å²) < 4.78 is 10.7. The van der Waals surface area contributed by atoms with Crippen LogP contribution >= 0.6 is 0 Å². The minimum absolute atomic E-state index is 0.169. The summed E-state index contributed by atoms with van der Waals surface area (Å²) in [5.74, 6) is 1.25. The topological polar surface area (TPSA) is 51.5 Å². The normalized spacial score (nSPS) is 11.9. The second-order valence-electron chi connectivity index (χ2n) is 4.37. The third-order valence-corrected chi connectivity index (χ3v) is 2.69. The highest BCUT2D eigenvalue weighted by molar-refractivity contribution is 5.80. The Morgan fingerprint density at radius 3 is 2.89 bits per heavy atom. The molecule has 2 aromatic rings. The monoisotopic (exact) mass is 259 g/mol. The zero-order chi connectivity index (χ0) is 13.7. The molecule has 1 unspecified atom stereocenters. The number of ether oxygens (including phenoxy) is 1. The van der Waals surface area contributed by atoms with Crippen LogP contribution in [0.2, 0.25) is 0 Å². The summed E-state index contributed by atoms with van der Waals surface area (Å²) in [5, 5.41) is 2.76. The van der Waals surface area contributed by atoms with Crippen LogP contribution in [0.3, 0.4) is 0 Å². The molecule has 4 heteroatoms. The maximum absolute atomic E-state index is 11.8. The quantitative estimate of drug-likeness (QED) is 0.898. The van der Waals surface area contributed by atoms with Gasteiger partial charge in [0.2, 0.25) is 0 Å². The largest absolute Gasteiger partial charge is 0.481 e. The minimum Gasteiger partial charge on any atom is -0.481 e. The third kappa shape index (κ3) is 3.88. The van der Waals surface area contributed by atoms with Crippen molar-refractivity contribution < 1.29 is 13.9 Å². The first-order valence-corrected chi connectivity index (χ1v) is 6.18. The van der Waals surface area contributed by atoms with Crippen LogP contribution in [0.15, 0.2) is 47.1 Å². The van der Waals surface area contributed by atoms with Crippen LogP contribution in [0.4, 0.5) is 0 Å². The average Bonchev–Trinajstić information content (AvgIpc) is 2.89. The Bertz CT molecular complexity index is 534. The van der Waals surface area contributed by atoms with E-state index in [1.807, 2.05) is 37.3 Å². The molecule has 19 heavy (non-hydrogen) atoms. The third-order valence-electron chi connectivity index (χ3n) is 2.69. The van der Waals surface area contributed by atoms with E-state index in [1.54, 1.807) is 19.3 Å². The van der Waals surface area contributed by atoms with E-state index in [-0.39, 0.29) is 5.91 Å². The lowest BCUT2D eigenvalue weighted by Crippen LogP contribution is -2.35. The predicted octanol–water partition coefficient (Wildman–Crippen LogP) is 2.67. The summed E-state index contributed by atoms with van der Waals surface area (Å²) in [6, 6.07) is 11.2. The Hall–Kier alpha value is -2.23. The minimum atomic E-state index is -0.545. The van der Waals surface area contributed by atoms with Crippen molar-refractivity contribution in [1.29, 1.82) is 0 Å². The van der Waals surface area contributed by atoms with Crippen molar-refractivity contribution in [3.8, 4) is 5.75 Å². The molecule has 1 aromatic carbocycles. The number of benzene rings is 1. The average molecular weight is 259 g/mol.